The van der Waals surface area contributed by atoms with Gasteiger partial charge in [0.05, 0.1) is 12.0 Å². The monoisotopic (exact) mass is 260 g/mol. The predicted molar refractivity (Wildman–Crippen MR) is 81.1 cm³/mol. The lowest BCUT2D eigenvalue weighted by Crippen LogP contribution is -1.92. The number of hydrogen-bond acceptors (Lipinski definition) is 2. The lowest BCUT2D eigenvalue weighted by Gasteiger charge is -2.12. The van der Waals surface area contributed by atoms with Crippen LogP contribution in [0, 0.1) is 6.92 Å². The van der Waals surface area contributed by atoms with Gasteiger partial charge in [0, 0.05) is 0 Å². The van der Waals surface area contributed by atoms with Gasteiger partial charge < -0.3 is 4.74 Å². The smallest absolute Gasteiger partial charge is 0.135 e. The van der Waals surface area contributed by atoms with Gasteiger partial charge >= 0.3 is 0 Å². The van der Waals surface area contributed by atoms with Crippen molar-refractivity contribution < 1.29 is 4.74 Å². The predicted octanol–water partition coefficient (Wildman–Crippen LogP) is 4.79. The molecule has 0 bridgehead atoms. The highest BCUT2D eigenvalue weighted by Crippen LogP contribution is 2.35. The van der Waals surface area contributed by atoms with Gasteiger partial charge in [-0.05, 0) is 53.8 Å². The van der Waals surface area contributed by atoms with Crippen LogP contribution in [0.4, 0.5) is 0 Å². The molecule has 2 rings (SSSR count). The minimum atomic E-state index is 0.887. The summed E-state index contributed by atoms with van der Waals surface area (Å²) in [5.74, 6) is 0.887. The van der Waals surface area contributed by atoms with E-state index in [1.165, 1.54) is 29.2 Å². The van der Waals surface area contributed by atoms with E-state index in [1.54, 1.807) is 7.11 Å². The van der Waals surface area contributed by atoms with Crippen LogP contribution >= 0.6 is 12.6 Å². The standard InChI is InChI=1S/C16H20OS/c1-4-5-6-12-7-8-13-9-11(2)15(17-3)16(18)14(13)10-12/h7-10,18H,4-6H2,1-3H3. The van der Waals surface area contributed by atoms with E-state index in [9.17, 15) is 0 Å². The molecular weight excluding hydrogens is 240 g/mol. The van der Waals surface area contributed by atoms with E-state index >= 15 is 0 Å². The van der Waals surface area contributed by atoms with E-state index in [2.05, 4.69) is 50.7 Å². The molecule has 2 aromatic rings. The summed E-state index contributed by atoms with van der Waals surface area (Å²) in [7, 11) is 1.70. The third-order valence-electron chi connectivity index (χ3n) is 3.34. The summed E-state index contributed by atoms with van der Waals surface area (Å²) in [6.45, 7) is 4.28. The Morgan fingerprint density at radius 2 is 2.00 bits per heavy atom. The fourth-order valence-electron chi connectivity index (χ4n) is 2.34. The van der Waals surface area contributed by atoms with Crippen molar-refractivity contribution in [3.05, 3.63) is 35.4 Å². The molecule has 0 radical (unpaired) electrons. The largest absolute Gasteiger partial charge is 0.495 e. The fraction of sp³-hybridized carbons (Fsp3) is 0.375. The molecule has 0 aliphatic heterocycles. The Morgan fingerprint density at radius 3 is 2.67 bits per heavy atom. The molecule has 2 heteroatoms. The van der Waals surface area contributed by atoms with Crippen molar-refractivity contribution in [2.45, 2.75) is 38.0 Å². The molecule has 0 aliphatic carbocycles. The Bertz CT molecular complexity index is 561. The second-order valence-electron chi connectivity index (χ2n) is 4.73. The molecule has 0 aliphatic rings. The highest BCUT2D eigenvalue weighted by atomic mass is 32.1. The maximum atomic E-state index is 5.43. The third kappa shape index (κ3) is 2.49. The summed E-state index contributed by atoms with van der Waals surface area (Å²) in [5.41, 5.74) is 2.52. The van der Waals surface area contributed by atoms with Crippen LogP contribution in [-0.2, 0) is 6.42 Å². The van der Waals surface area contributed by atoms with Crippen LogP contribution in [0.1, 0.15) is 30.9 Å². The van der Waals surface area contributed by atoms with E-state index in [0.29, 0.717) is 0 Å². The first kappa shape index (κ1) is 13.3. The Morgan fingerprint density at radius 1 is 1.22 bits per heavy atom. The summed E-state index contributed by atoms with van der Waals surface area (Å²) < 4.78 is 5.43. The Hall–Kier alpha value is -1.15. The number of unbranched alkanes of at least 4 members (excludes halogenated alkanes) is 1. The van der Waals surface area contributed by atoms with Crippen LogP contribution in [0.5, 0.6) is 5.75 Å². The van der Waals surface area contributed by atoms with Crippen molar-refractivity contribution in [1.82, 2.24) is 0 Å². The van der Waals surface area contributed by atoms with Crippen molar-refractivity contribution in [2.24, 2.45) is 0 Å². The molecule has 0 heterocycles. The third-order valence-corrected chi connectivity index (χ3v) is 3.79. The van der Waals surface area contributed by atoms with Crippen LogP contribution in [0.3, 0.4) is 0 Å². The van der Waals surface area contributed by atoms with Crippen LogP contribution in [-0.4, -0.2) is 7.11 Å². The van der Waals surface area contributed by atoms with Crippen LogP contribution in [0.25, 0.3) is 10.8 Å². The van der Waals surface area contributed by atoms with Gasteiger partial charge in [-0.25, -0.2) is 0 Å². The van der Waals surface area contributed by atoms with Crippen molar-refractivity contribution >= 4 is 23.4 Å². The molecule has 1 nitrogen and oxygen atoms in total. The van der Waals surface area contributed by atoms with Gasteiger partial charge in [0.1, 0.15) is 5.75 Å². The highest BCUT2D eigenvalue weighted by molar-refractivity contribution is 7.80. The van der Waals surface area contributed by atoms with Crippen molar-refractivity contribution in [2.75, 3.05) is 7.11 Å². The number of rotatable bonds is 4. The summed E-state index contributed by atoms with van der Waals surface area (Å²) in [6.07, 6.45) is 3.59. The number of thiol groups is 1. The summed E-state index contributed by atoms with van der Waals surface area (Å²) >= 11 is 4.63. The maximum Gasteiger partial charge on any atom is 0.135 e. The molecule has 0 spiro atoms. The first-order valence-electron chi connectivity index (χ1n) is 6.46. The minimum absolute atomic E-state index is 0.887. The molecule has 0 amide bonds. The Kier molecular flexibility index (Phi) is 4.18. The van der Waals surface area contributed by atoms with E-state index in [1.807, 2.05) is 0 Å². The zero-order valence-corrected chi connectivity index (χ0v) is 12.2. The van der Waals surface area contributed by atoms with Crippen molar-refractivity contribution in [3.8, 4) is 5.75 Å². The van der Waals surface area contributed by atoms with Crippen molar-refractivity contribution in [3.63, 3.8) is 0 Å². The van der Waals surface area contributed by atoms with E-state index in [0.717, 1.165) is 22.6 Å². The summed E-state index contributed by atoms with van der Waals surface area (Å²) in [4.78, 5) is 0.950. The maximum absolute atomic E-state index is 5.43. The summed E-state index contributed by atoms with van der Waals surface area (Å²) in [5, 5.41) is 2.42. The van der Waals surface area contributed by atoms with Crippen LogP contribution in [0.15, 0.2) is 29.2 Å². The van der Waals surface area contributed by atoms with Gasteiger partial charge in [-0.3, -0.25) is 0 Å². The number of fused-ring (bicyclic) bond motifs is 1. The molecule has 0 unspecified atom stereocenters. The van der Waals surface area contributed by atoms with Gasteiger partial charge in [0.15, 0.2) is 0 Å². The first-order chi connectivity index (χ1) is 8.67. The van der Waals surface area contributed by atoms with E-state index in [4.69, 9.17) is 4.74 Å². The Labute approximate surface area is 115 Å². The molecule has 18 heavy (non-hydrogen) atoms. The molecule has 2 aromatic carbocycles. The fourth-order valence-corrected chi connectivity index (χ4v) is 2.80. The number of hydrogen-bond donors (Lipinski definition) is 1. The molecule has 0 atom stereocenters. The van der Waals surface area contributed by atoms with Crippen LogP contribution in [0.2, 0.25) is 0 Å². The lowest BCUT2D eigenvalue weighted by atomic mass is 10.0. The lowest BCUT2D eigenvalue weighted by molar-refractivity contribution is 0.403. The zero-order valence-electron chi connectivity index (χ0n) is 11.3. The highest BCUT2D eigenvalue weighted by Gasteiger charge is 2.09. The normalized spacial score (nSPS) is 10.9. The van der Waals surface area contributed by atoms with Crippen molar-refractivity contribution in [1.29, 1.82) is 0 Å². The molecular formula is C16H20OS. The average Bonchev–Trinajstić information content (AvgIpc) is 2.37. The van der Waals surface area contributed by atoms with E-state index < -0.39 is 0 Å². The average molecular weight is 260 g/mol. The zero-order chi connectivity index (χ0) is 13.1. The SMILES string of the molecule is CCCCc1ccc2cc(C)c(OC)c(S)c2c1. The molecule has 0 N–H and O–H groups in total. The van der Waals surface area contributed by atoms with Gasteiger partial charge in [0.2, 0.25) is 0 Å². The van der Waals surface area contributed by atoms with Gasteiger partial charge in [-0.2, -0.15) is 0 Å². The number of aryl methyl sites for hydroxylation is 2. The van der Waals surface area contributed by atoms with Gasteiger partial charge in [-0.15, -0.1) is 12.6 Å². The molecule has 0 aromatic heterocycles. The molecule has 96 valence electrons. The molecule has 0 saturated heterocycles. The first-order valence-corrected chi connectivity index (χ1v) is 6.91. The Balaban J connectivity index is 2.54. The number of methoxy groups -OCH3 is 1. The van der Waals surface area contributed by atoms with E-state index in [-0.39, 0.29) is 0 Å². The number of benzene rings is 2. The topological polar surface area (TPSA) is 9.23 Å². The molecule has 0 fully saturated rings. The number of ether oxygens (including phenoxy) is 1. The quantitative estimate of drug-likeness (QED) is 0.778. The van der Waals surface area contributed by atoms with Gasteiger partial charge in [-0.1, -0.05) is 25.5 Å². The second kappa shape index (κ2) is 5.66. The molecule has 0 saturated carbocycles. The summed E-state index contributed by atoms with van der Waals surface area (Å²) in [6, 6.07) is 8.82. The van der Waals surface area contributed by atoms with Crippen LogP contribution < -0.4 is 4.74 Å². The second-order valence-corrected chi connectivity index (χ2v) is 5.18. The minimum Gasteiger partial charge on any atom is -0.495 e. The van der Waals surface area contributed by atoms with Gasteiger partial charge in [0.25, 0.3) is 0 Å².